The van der Waals surface area contributed by atoms with Gasteiger partial charge in [0, 0.05) is 5.56 Å². The molecule has 0 amide bonds. The van der Waals surface area contributed by atoms with E-state index in [1.54, 1.807) is 0 Å². The van der Waals surface area contributed by atoms with Crippen LogP contribution < -0.4 is 4.74 Å². The first-order valence-electron chi connectivity index (χ1n) is 4.37. The third-order valence-electron chi connectivity index (χ3n) is 1.70. The number of hydrogen-bond acceptors (Lipinski definition) is 1. The van der Waals surface area contributed by atoms with Crippen LogP contribution in [0.3, 0.4) is 0 Å². The second-order valence-electron chi connectivity index (χ2n) is 3.29. The van der Waals surface area contributed by atoms with Gasteiger partial charge in [-0.2, -0.15) is 0 Å². The second kappa shape index (κ2) is 4.00. The first-order valence-corrected chi connectivity index (χ1v) is 4.37. The van der Waals surface area contributed by atoms with Crippen molar-refractivity contribution in [3.8, 4) is 18.1 Å². The molecule has 0 saturated heterocycles. The Bertz CT molecular complexity index is 331. The quantitative estimate of drug-likeness (QED) is 0.626. The molecule has 0 N–H and O–H groups in total. The lowest BCUT2D eigenvalue weighted by atomic mass is 10.1. The van der Waals surface area contributed by atoms with Crippen LogP contribution >= 0.6 is 0 Å². The maximum atomic E-state index is 5.58. The van der Waals surface area contributed by atoms with Gasteiger partial charge in [0.2, 0.25) is 0 Å². The van der Waals surface area contributed by atoms with Gasteiger partial charge in [0.05, 0.1) is 6.10 Å². The first-order chi connectivity index (χ1) is 6.13. The Morgan fingerprint density at radius 2 is 2.08 bits per heavy atom. The summed E-state index contributed by atoms with van der Waals surface area (Å²) in [5, 5.41) is 0. The van der Waals surface area contributed by atoms with Gasteiger partial charge in [-0.3, -0.25) is 0 Å². The summed E-state index contributed by atoms with van der Waals surface area (Å²) in [7, 11) is 0. The zero-order valence-electron chi connectivity index (χ0n) is 8.29. The number of terminal acetylenes is 1. The van der Waals surface area contributed by atoms with Crippen molar-refractivity contribution in [3.05, 3.63) is 29.3 Å². The molecule has 0 fully saturated rings. The predicted octanol–water partition coefficient (Wildman–Crippen LogP) is 2.76. The fourth-order valence-electron chi connectivity index (χ4n) is 1.13. The Balaban J connectivity index is 2.93. The van der Waals surface area contributed by atoms with Crippen molar-refractivity contribution in [2.75, 3.05) is 0 Å². The molecule has 0 heterocycles. The summed E-state index contributed by atoms with van der Waals surface area (Å²) in [5.41, 5.74) is 1.98. The van der Waals surface area contributed by atoms with E-state index < -0.39 is 0 Å². The smallest absolute Gasteiger partial charge is 0.122 e. The summed E-state index contributed by atoms with van der Waals surface area (Å²) in [6.07, 6.45) is 5.48. The highest BCUT2D eigenvalue weighted by Crippen LogP contribution is 2.19. The van der Waals surface area contributed by atoms with Crippen LogP contribution in [0.15, 0.2) is 18.2 Å². The van der Waals surface area contributed by atoms with E-state index >= 15 is 0 Å². The maximum Gasteiger partial charge on any atom is 0.122 e. The van der Waals surface area contributed by atoms with Crippen LogP contribution in [0.1, 0.15) is 25.0 Å². The van der Waals surface area contributed by atoms with E-state index in [-0.39, 0.29) is 6.10 Å². The lowest BCUT2D eigenvalue weighted by Crippen LogP contribution is -2.06. The van der Waals surface area contributed by atoms with Gasteiger partial charge in [-0.1, -0.05) is 5.92 Å². The molecule has 0 saturated carbocycles. The fourth-order valence-corrected chi connectivity index (χ4v) is 1.13. The molecule has 1 aromatic rings. The average Bonchev–Trinajstić information content (AvgIpc) is 2.08. The topological polar surface area (TPSA) is 9.23 Å². The lowest BCUT2D eigenvalue weighted by molar-refractivity contribution is 0.241. The molecule has 0 aliphatic rings. The summed E-state index contributed by atoms with van der Waals surface area (Å²) >= 11 is 0. The summed E-state index contributed by atoms with van der Waals surface area (Å²) in [5.74, 6) is 3.50. The van der Waals surface area contributed by atoms with Crippen molar-refractivity contribution < 1.29 is 4.74 Å². The summed E-state index contributed by atoms with van der Waals surface area (Å²) in [6.45, 7) is 6.02. The molecule has 0 aromatic heterocycles. The van der Waals surface area contributed by atoms with Gasteiger partial charge in [0.25, 0.3) is 0 Å². The number of ether oxygens (including phenoxy) is 1. The van der Waals surface area contributed by atoms with E-state index in [0.29, 0.717) is 0 Å². The number of hydrogen-bond donors (Lipinski definition) is 0. The van der Waals surface area contributed by atoms with Crippen LogP contribution in [-0.2, 0) is 0 Å². The van der Waals surface area contributed by atoms with Gasteiger partial charge in [0.1, 0.15) is 5.75 Å². The molecule has 0 radical (unpaired) electrons. The molecule has 1 rings (SSSR count). The minimum Gasteiger partial charge on any atom is -0.491 e. The van der Waals surface area contributed by atoms with Gasteiger partial charge >= 0.3 is 0 Å². The SMILES string of the molecule is C#Cc1ccc(OC(C)C)c(C)c1. The van der Waals surface area contributed by atoms with Crippen LogP contribution in [0.4, 0.5) is 0 Å². The Labute approximate surface area is 79.7 Å². The van der Waals surface area contributed by atoms with E-state index in [9.17, 15) is 0 Å². The number of benzene rings is 1. The molecule has 1 nitrogen and oxygen atoms in total. The Kier molecular flexibility index (Phi) is 2.97. The van der Waals surface area contributed by atoms with Gasteiger partial charge in [-0.15, -0.1) is 6.42 Å². The van der Waals surface area contributed by atoms with E-state index in [1.807, 2.05) is 39.0 Å². The highest BCUT2D eigenvalue weighted by Gasteiger charge is 2.01. The highest BCUT2D eigenvalue weighted by molar-refractivity contribution is 5.42. The molecule has 1 aromatic carbocycles. The zero-order valence-corrected chi connectivity index (χ0v) is 8.29. The van der Waals surface area contributed by atoms with Crippen molar-refractivity contribution in [1.29, 1.82) is 0 Å². The Morgan fingerprint density at radius 1 is 1.38 bits per heavy atom. The number of aryl methyl sites for hydroxylation is 1. The van der Waals surface area contributed by atoms with Gasteiger partial charge in [-0.05, 0) is 44.5 Å². The van der Waals surface area contributed by atoms with Crippen LogP contribution in [0.25, 0.3) is 0 Å². The van der Waals surface area contributed by atoms with Crippen LogP contribution in [0, 0.1) is 19.3 Å². The predicted molar refractivity (Wildman–Crippen MR) is 54.9 cm³/mol. The highest BCUT2D eigenvalue weighted by atomic mass is 16.5. The number of rotatable bonds is 2. The zero-order chi connectivity index (χ0) is 9.84. The monoisotopic (exact) mass is 174 g/mol. The van der Waals surface area contributed by atoms with Crippen LogP contribution in [-0.4, -0.2) is 6.10 Å². The fraction of sp³-hybridized carbons (Fsp3) is 0.333. The van der Waals surface area contributed by atoms with Crippen molar-refractivity contribution in [2.45, 2.75) is 26.9 Å². The van der Waals surface area contributed by atoms with E-state index in [0.717, 1.165) is 16.9 Å². The molecule has 0 aliphatic heterocycles. The summed E-state index contributed by atoms with van der Waals surface area (Å²) in [4.78, 5) is 0. The van der Waals surface area contributed by atoms with E-state index in [4.69, 9.17) is 11.2 Å². The average molecular weight is 174 g/mol. The molecule has 68 valence electrons. The molecular weight excluding hydrogens is 160 g/mol. The molecule has 0 atom stereocenters. The summed E-state index contributed by atoms with van der Waals surface area (Å²) < 4.78 is 5.58. The van der Waals surface area contributed by atoms with Crippen LogP contribution in [0.2, 0.25) is 0 Å². The van der Waals surface area contributed by atoms with Crippen molar-refractivity contribution in [1.82, 2.24) is 0 Å². The molecular formula is C12H14O. The minimum absolute atomic E-state index is 0.204. The largest absolute Gasteiger partial charge is 0.491 e. The standard InChI is InChI=1S/C12H14O/c1-5-11-6-7-12(10(4)8-11)13-9(2)3/h1,6-9H,2-4H3. The molecule has 13 heavy (non-hydrogen) atoms. The molecule has 1 heteroatoms. The minimum atomic E-state index is 0.204. The van der Waals surface area contributed by atoms with Gasteiger partial charge < -0.3 is 4.74 Å². The lowest BCUT2D eigenvalue weighted by Gasteiger charge is -2.12. The van der Waals surface area contributed by atoms with Crippen molar-refractivity contribution in [2.24, 2.45) is 0 Å². The Morgan fingerprint density at radius 3 is 2.54 bits per heavy atom. The van der Waals surface area contributed by atoms with E-state index in [2.05, 4.69) is 5.92 Å². The van der Waals surface area contributed by atoms with Gasteiger partial charge in [0.15, 0.2) is 0 Å². The van der Waals surface area contributed by atoms with Crippen molar-refractivity contribution in [3.63, 3.8) is 0 Å². The van der Waals surface area contributed by atoms with E-state index in [1.165, 1.54) is 0 Å². The Hall–Kier alpha value is -1.42. The summed E-state index contributed by atoms with van der Waals surface area (Å²) in [6, 6.07) is 5.77. The molecule has 0 bridgehead atoms. The molecule has 0 aliphatic carbocycles. The second-order valence-corrected chi connectivity index (χ2v) is 3.29. The first kappa shape index (κ1) is 9.67. The van der Waals surface area contributed by atoms with Crippen molar-refractivity contribution >= 4 is 0 Å². The maximum absolute atomic E-state index is 5.58. The third-order valence-corrected chi connectivity index (χ3v) is 1.70. The normalized spacial score (nSPS) is 9.77. The van der Waals surface area contributed by atoms with Crippen LogP contribution in [0.5, 0.6) is 5.75 Å². The third kappa shape index (κ3) is 2.52. The molecule has 0 spiro atoms. The molecule has 0 unspecified atom stereocenters. The van der Waals surface area contributed by atoms with Gasteiger partial charge in [-0.25, -0.2) is 0 Å².